The molecule has 2 aromatic rings. The number of hydrogen-bond acceptors (Lipinski definition) is 9. The molecule has 15 heteroatoms. The summed E-state index contributed by atoms with van der Waals surface area (Å²) in [4.78, 5) is 84.7. The lowest BCUT2D eigenvalue weighted by molar-refractivity contribution is -0.143. The molecule has 0 radical (unpaired) electrons. The van der Waals surface area contributed by atoms with Crippen LogP contribution in [0.4, 0.5) is 9.59 Å². The Morgan fingerprint density at radius 2 is 1.15 bits per heavy atom. The molecule has 5 amide bonds. The quantitative estimate of drug-likeness (QED) is 0.275. The number of hydroxylamine groups is 4. The summed E-state index contributed by atoms with van der Waals surface area (Å²) in [6.07, 6.45) is 2.42. The lowest BCUT2D eigenvalue weighted by atomic mass is 10.00. The molecule has 4 N–H and O–H groups in total. The third-order valence-corrected chi connectivity index (χ3v) is 9.59. The van der Waals surface area contributed by atoms with E-state index in [1.54, 1.807) is 18.7 Å². The van der Waals surface area contributed by atoms with E-state index < -0.39 is 18.1 Å². The summed E-state index contributed by atoms with van der Waals surface area (Å²) >= 11 is 0. The molecule has 288 valence electrons. The Labute approximate surface area is 310 Å². The Hall–Kier alpha value is -4.86. The van der Waals surface area contributed by atoms with Crippen LogP contribution in [-0.4, -0.2) is 111 Å². The molecule has 0 spiro atoms. The summed E-state index contributed by atoms with van der Waals surface area (Å²) in [5.41, 5.74) is 6.99. The van der Waals surface area contributed by atoms with E-state index in [0.29, 0.717) is 52.0 Å². The van der Waals surface area contributed by atoms with Gasteiger partial charge in [-0.2, -0.15) is 10.1 Å². The van der Waals surface area contributed by atoms with Crippen LogP contribution < -0.4 is 11.1 Å². The summed E-state index contributed by atoms with van der Waals surface area (Å²) in [6, 6.07) is 17.3. The molecule has 4 saturated heterocycles. The number of hydrogen-bond donors (Lipinski definition) is 3. The smallest absolute Gasteiger partial charge is 0.345 e. The molecule has 4 aliphatic heterocycles. The minimum absolute atomic E-state index is 0.00663. The van der Waals surface area contributed by atoms with E-state index in [-0.39, 0.29) is 66.5 Å². The van der Waals surface area contributed by atoms with Crippen molar-refractivity contribution in [1.82, 2.24) is 25.2 Å². The van der Waals surface area contributed by atoms with E-state index in [2.05, 4.69) is 5.32 Å². The predicted molar refractivity (Wildman–Crippen MR) is 193 cm³/mol. The topological polar surface area (TPSA) is 192 Å². The Bertz CT molecular complexity index is 1570. The minimum atomic E-state index is -0.943. The van der Waals surface area contributed by atoms with Crippen molar-refractivity contribution in [2.75, 3.05) is 26.2 Å². The number of benzene rings is 2. The zero-order chi connectivity index (χ0) is 38.7. The van der Waals surface area contributed by atoms with Crippen molar-refractivity contribution >= 4 is 35.5 Å². The third-order valence-electron chi connectivity index (χ3n) is 9.59. The van der Waals surface area contributed by atoms with Crippen molar-refractivity contribution in [2.24, 2.45) is 17.6 Å². The molecule has 4 heterocycles. The molecule has 2 aromatic carbocycles. The highest BCUT2D eigenvalue weighted by atomic mass is 16.7. The number of ketones is 2. The van der Waals surface area contributed by atoms with Crippen LogP contribution in [0.15, 0.2) is 60.7 Å². The first-order chi connectivity index (χ1) is 25.3. The number of amides is 5. The normalized spacial score (nSPS) is 21.6. The fourth-order valence-corrected chi connectivity index (χ4v) is 6.29. The van der Waals surface area contributed by atoms with Crippen molar-refractivity contribution in [3.8, 4) is 0 Å². The van der Waals surface area contributed by atoms with Crippen LogP contribution in [0.2, 0.25) is 0 Å². The molecule has 4 aliphatic rings. The van der Waals surface area contributed by atoms with E-state index in [0.717, 1.165) is 11.1 Å². The van der Waals surface area contributed by atoms with Gasteiger partial charge in [-0.3, -0.25) is 24.1 Å². The lowest BCUT2D eigenvalue weighted by Gasteiger charge is -2.29. The Kier molecular flexibility index (Phi) is 14.9. The SMILES string of the molecule is CC(C)C(=O)CN.CC(C)C(=O)CNC(=O)[C@@H]1CC[C@@H]2CN1C(=O)N2OCc1ccccc1.O=C(O)[C@@H]1CC[C@@H]2CN1C(=O)N2OCc1ccccc1. The minimum Gasteiger partial charge on any atom is -0.480 e. The second kappa shape index (κ2) is 19.3. The number of aliphatic carboxylic acids is 1. The monoisotopic (exact) mass is 736 g/mol. The van der Waals surface area contributed by atoms with Gasteiger partial charge in [-0.25, -0.2) is 14.4 Å². The van der Waals surface area contributed by atoms with Crippen LogP contribution in [-0.2, 0) is 42.1 Å². The highest BCUT2D eigenvalue weighted by Crippen LogP contribution is 2.31. The van der Waals surface area contributed by atoms with Gasteiger partial charge >= 0.3 is 18.0 Å². The summed E-state index contributed by atoms with van der Waals surface area (Å²) in [5, 5.41) is 14.5. The van der Waals surface area contributed by atoms with Crippen molar-refractivity contribution in [1.29, 1.82) is 0 Å². The summed E-state index contributed by atoms with van der Waals surface area (Å²) < 4.78 is 0. The second-order valence-electron chi connectivity index (χ2n) is 14.0. The van der Waals surface area contributed by atoms with Gasteiger partial charge in [0.1, 0.15) is 31.1 Å². The van der Waals surface area contributed by atoms with Gasteiger partial charge in [0.05, 0.1) is 25.2 Å². The van der Waals surface area contributed by atoms with Crippen molar-refractivity contribution in [2.45, 2.75) is 90.8 Å². The zero-order valence-electron chi connectivity index (χ0n) is 30.9. The van der Waals surface area contributed by atoms with E-state index in [4.69, 9.17) is 20.5 Å². The zero-order valence-corrected chi connectivity index (χ0v) is 30.9. The first kappa shape index (κ1) is 40.9. The number of fused-ring (bicyclic) bond motifs is 4. The number of nitrogens with two attached hydrogens (primary N) is 1. The maximum Gasteiger partial charge on any atom is 0.345 e. The number of carbonyl (C=O) groups is 6. The highest BCUT2D eigenvalue weighted by Gasteiger charge is 2.49. The first-order valence-corrected chi connectivity index (χ1v) is 18.1. The van der Waals surface area contributed by atoms with E-state index in [1.165, 1.54) is 15.0 Å². The molecular formula is C38H52N6O9. The molecule has 4 fully saturated rings. The van der Waals surface area contributed by atoms with E-state index >= 15 is 0 Å². The Morgan fingerprint density at radius 3 is 1.55 bits per heavy atom. The van der Waals surface area contributed by atoms with Crippen LogP contribution >= 0.6 is 0 Å². The van der Waals surface area contributed by atoms with Crippen molar-refractivity contribution in [3.05, 3.63) is 71.8 Å². The van der Waals surface area contributed by atoms with Crippen LogP contribution in [0.1, 0.15) is 64.5 Å². The number of nitrogens with zero attached hydrogens (tertiary/aromatic N) is 4. The number of carboxylic acid groups (broad SMARTS) is 1. The number of rotatable bonds is 13. The van der Waals surface area contributed by atoms with Gasteiger partial charge in [0, 0.05) is 24.9 Å². The van der Waals surface area contributed by atoms with Gasteiger partial charge in [0.2, 0.25) is 5.91 Å². The number of Topliss-reactive ketones (excluding diaryl/α,β-unsaturated/α-hetero) is 2. The summed E-state index contributed by atoms with van der Waals surface area (Å²) in [6.45, 7) is 9.01. The van der Waals surface area contributed by atoms with Crippen molar-refractivity contribution < 1.29 is 43.5 Å². The lowest BCUT2D eigenvalue weighted by Crippen LogP contribution is -2.50. The number of piperidine rings is 2. The highest BCUT2D eigenvalue weighted by molar-refractivity contribution is 5.92. The average Bonchev–Trinajstić information content (AvgIpc) is 3.54. The molecule has 4 bridgehead atoms. The van der Waals surface area contributed by atoms with E-state index in [1.807, 2.05) is 74.5 Å². The molecule has 15 nitrogen and oxygen atoms in total. The molecule has 0 aliphatic carbocycles. The van der Waals surface area contributed by atoms with Crippen LogP contribution in [0.25, 0.3) is 0 Å². The molecule has 6 rings (SSSR count). The largest absolute Gasteiger partial charge is 0.480 e. The standard InChI is InChI=1S/C19H25N3O4.C14H16N2O4.C5H11NO/c1-13(2)17(23)10-20-18(24)16-9-8-15-11-21(16)19(25)22(15)26-12-14-6-4-3-5-7-14;17-13(18)12-7-6-11-8-15(12)14(19)16(11)20-9-10-4-2-1-3-5-10;1-4(2)5(7)3-6/h3-7,13,15-16H,8-12H2,1-2H3,(H,20,24);1-5,11-12H,6-9H2,(H,17,18);4H,3,6H2,1-2H3/t15-,16+;11-,12+;/m11./s1. The van der Waals surface area contributed by atoms with E-state index in [9.17, 15) is 28.8 Å². The molecule has 0 aromatic heterocycles. The Morgan fingerprint density at radius 1 is 0.717 bits per heavy atom. The maximum absolute atomic E-state index is 12.6. The van der Waals surface area contributed by atoms with Gasteiger partial charge in [-0.1, -0.05) is 88.4 Å². The first-order valence-electron chi connectivity index (χ1n) is 18.1. The van der Waals surface area contributed by atoms with Crippen LogP contribution in [0, 0.1) is 11.8 Å². The summed E-state index contributed by atoms with van der Waals surface area (Å²) in [5.74, 6) is -1.13. The molecule has 0 unspecified atom stereocenters. The summed E-state index contributed by atoms with van der Waals surface area (Å²) in [7, 11) is 0. The van der Waals surface area contributed by atoms with Gasteiger partial charge in [0.25, 0.3) is 0 Å². The molecular weight excluding hydrogens is 684 g/mol. The number of nitrogens with one attached hydrogen (secondary N) is 1. The number of carboxylic acids is 1. The van der Waals surface area contributed by atoms with Gasteiger partial charge < -0.3 is 26.0 Å². The number of urea groups is 2. The van der Waals surface area contributed by atoms with Gasteiger partial charge in [-0.15, -0.1) is 0 Å². The molecule has 53 heavy (non-hydrogen) atoms. The predicted octanol–water partition coefficient (Wildman–Crippen LogP) is 3.37. The Balaban J connectivity index is 0.000000205. The average molecular weight is 737 g/mol. The second-order valence-corrected chi connectivity index (χ2v) is 14.0. The number of carbonyl (C=O) groups excluding carboxylic acids is 5. The van der Waals surface area contributed by atoms with Crippen LogP contribution in [0.3, 0.4) is 0 Å². The fourth-order valence-electron chi connectivity index (χ4n) is 6.29. The van der Waals surface area contributed by atoms with Crippen LogP contribution in [0.5, 0.6) is 0 Å². The molecule has 4 atom stereocenters. The fraction of sp³-hybridized carbons (Fsp3) is 0.526. The van der Waals surface area contributed by atoms with Crippen molar-refractivity contribution in [3.63, 3.8) is 0 Å². The maximum atomic E-state index is 12.6. The molecule has 0 saturated carbocycles. The van der Waals surface area contributed by atoms with Gasteiger partial charge in [-0.05, 0) is 36.8 Å². The third kappa shape index (κ3) is 10.8. The van der Waals surface area contributed by atoms with Gasteiger partial charge in [0.15, 0.2) is 5.78 Å².